The van der Waals surface area contributed by atoms with Gasteiger partial charge in [0.05, 0.1) is 12.6 Å². The van der Waals surface area contributed by atoms with E-state index >= 15 is 0 Å². The van der Waals surface area contributed by atoms with Gasteiger partial charge in [0.25, 0.3) is 5.19 Å². The Hall–Kier alpha value is -2.07. The first-order valence-electron chi connectivity index (χ1n) is 7.16. The summed E-state index contributed by atoms with van der Waals surface area (Å²) in [5.74, 6) is 0.425. The van der Waals surface area contributed by atoms with Crippen molar-refractivity contribution in [1.82, 2.24) is 29.1 Å². The Morgan fingerprint density at radius 3 is 3.00 bits per heavy atom. The number of hydrogen-bond acceptors (Lipinski definition) is 8. The fourth-order valence-electron chi connectivity index (χ4n) is 2.12. The highest BCUT2D eigenvalue weighted by molar-refractivity contribution is 7.11. The molecule has 0 atom stereocenters. The first-order valence-corrected chi connectivity index (χ1v) is 8.31. The third kappa shape index (κ3) is 2.33. The van der Waals surface area contributed by atoms with Crippen LogP contribution in [0.5, 0.6) is 5.19 Å². The summed E-state index contributed by atoms with van der Waals surface area (Å²) in [6.45, 7) is 0.244. The smallest absolute Gasteiger partial charge is 0.369 e. The van der Waals surface area contributed by atoms with E-state index < -0.39 is 0 Å². The second-order valence-electron chi connectivity index (χ2n) is 4.95. The molecule has 1 aliphatic carbocycles. The molecule has 0 saturated heterocycles. The third-order valence-corrected chi connectivity index (χ3v) is 4.90. The fourth-order valence-corrected chi connectivity index (χ4v) is 3.46. The maximum atomic E-state index is 12.1. The van der Waals surface area contributed by atoms with Gasteiger partial charge in [-0.2, -0.15) is 9.06 Å². The van der Waals surface area contributed by atoms with Crippen LogP contribution in [0.25, 0.3) is 5.00 Å². The Balaban J connectivity index is 1.69. The van der Waals surface area contributed by atoms with E-state index in [1.54, 1.807) is 12.4 Å². The van der Waals surface area contributed by atoms with Gasteiger partial charge in [-0.1, -0.05) is 11.3 Å². The maximum Gasteiger partial charge on any atom is 0.369 e. The first kappa shape index (κ1) is 12.5. The van der Waals surface area contributed by atoms with E-state index in [4.69, 9.17) is 6.11 Å². The van der Waals surface area contributed by atoms with E-state index in [1.807, 2.05) is 0 Å². The van der Waals surface area contributed by atoms with Crippen LogP contribution < -0.4 is 10.4 Å². The summed E-state index contributed by atoms with van der Waals surface area (Å²) < 4.78 is 20.0. The van der Waals surface area contributed by atoms with Crippen molar-refractivity contribution in [2.75, 3.05) is 0 Å². The topological polar surface area (TPSA) is 87.7 Å². The molecule has 3 heterocycles. The van der Waals surface area contributed by atoms with E-state index in [9.17, 15) is 4.79 Å². The lowest BCUT2D eigenvalue weighted by atomic mass is 10.2. The van der Waals surface area contributed by atoms with E-state index in [1.165, 1.54) is 32.2 Å². The summed E-state index contributed by atoms with van der Waals surface area (Å²) >= 11 is 2.50. The van der Waals surface area contributed by atoms with Crippen molar-refractivity contribution >= 4 is 22.9 Å². The van der Waals surface area contributed by atoms with Crippen molar-refractivity contribution in [3.05, 3.63) is 33.3 Å². The molecule has 1 saturated carbocycles. The second-order valence-corrected chi connectivity index (χ2v) is 6.53. The molecule has 0 unspecified atom stereocenters. The van der Waals surface area contributed by atoms with Crippen LogP contribution in [0.1, 0.15) is 31.4 Å². The molecular weight excluding hydrogens is 324 g/mol. The zero-order valence-corrected chi connectivity index (χ0v) is 13.2. The predicted octanol–water partition coefficient (Wildman–Crippen LogP) is 1.34. The number of aryl methyl sites for hydroxylation is 1. The van der Waals surface area contributed by atoms with Crippen LogP contribution in [0, 0.1) is 0 Å². The molecule has 22 heavy (non-hydrogen) atoms. The minimum Gasteiger partial charge on any atom is -0.465 e. The molecule has 114 valence electrons. The Morgan fingerprint density at radius 2 is 2.36 bits per heavy atom. The minimum absolute atomic E-state index is 0.182. The number of tetrazole rings is 1. The molecule has 0 aliphatic heterocycles. The molecule has 0 spiro atoms. The molecule has 0 aromatic carbocycles. The zero-order chi connectivity index (χ0) is 16.0. The molecule has 8 nitrogen and oxygen atoms in total. The second kappa shape index (κ2) is 5.29. The molecule has 0 N–H and O–H groups in total. The van der Waals surface area contributed by atoms with Gasteiger partial charge in [-0.05, 0) is 34.8 Å². The van der Waals surface area contributed by atoms with Gasteiger partial charge in [-0.25, -0.2) is 9.78 Å². The van der Waals surface area contributed by atoms with Gasteiger partial charge >= 0.3 is 5.69 Å². The maximum absolute atomic E-state index is 12.1. The lowest BCUT2D eigenvalue weighted by Crippen LogP contribution is -2.22. The van der Waals surface area contributed by atoms with Gasteiger partial charge in [-0.15, -0.1) is 4.68 Å². The number of rotatable bonds is 5. The standard InChI is InChI=1S/C12H12N6O2S2/c1-17-12(19)18(16-15-17)10-8(6-20-11-13-4-5-21-11)9(14-22-10)7-2-3-7/h4-5,7H,2-3,6H2,1H3/i4T. The van der Waals surface area contributed by atoms with Crippen molar-refractivity contribution in [3.8, 4) is 10.2 Å². The summed E-state index contributed by atoms with van der Waals surface area (Å²) in [5, 5.41) is 10.3. The van der Waals surface area contributed by atoms with Crippen molar-refractivity contribution in [1.29, 1.82) is 0 Å². The molecule has 0 bridgehead atoms. The molecular formula is C12H12N6O2S2. The normalized spacial score (nSPS) is 15.0. The Bertz CT molecular complexity index is 909. The number of thiazole rings is 1. The van der Waals surface area contributed by atoms with Crippen LogP contribution in [0.3, 0.4) is 0 Å². The quantitative estimate of drug-likeness (QED) is 0.697. The zero-order valence-electron chi connectivity index (χ0n) is 12.6. The summed E-state index contributed by atoms with van der Waals surface area (Å²) in [6, 6.07) is 0. The Kier molecular flexibility index (Phi) is 3.00. The Morgan fingerprint density at radius 1 is 1.50 bits per heavy atom. The van der Waals surface area contributed by atoms with Gasteiger partial charge in [0.2, 0.25) is 0 Å². The van der Waals surface area contributed by atoms with E-state index in [2.05, 4.69) is 19.8 Å². The fraction of sp³-hybridized carbons (Fsp3) is 0.417. The average molecular weight is 338 g/mol. The van der Waals surface area contributed by atoms with Gasteiger partial charge in [-0.3, -0.25) is 0 Å². The number of ether oxygens (including phenoxy) is 1. The summed E-state index contributed by atoms with van der Waals surface area (Å²) in [6.07, 6.45) is 2.38. The van der Waals surface area contributed by atoms with Crippen molar-refractivity contribution in [2.24, 2.45) is 7.05 Å². The van der Waals surface area contributed by atoms with E-state index in [0.717, 1.165) is 24.1 Å². The van der Waals surface area contributed by atoms with Crippen molar-refractivity contribution in [3.63, 3.8) is 0 Å². The molecule has 10 heteroatoms. The largest absolute Gasteiger partial charge is 0.465 e. The monoisotopic (exact) mass is 338 g/mol. The number of nitrogens with zero attached hydrogens (tertiary/aromatic N) is 6. The molecule has 0 radical (unpaired) electrons. The molecule has 3 aromatic heterocycles. The van der Waals surface area contributed by atoms with E-state index in [0.29, 0.717) is 16.1 Å². The molecule has 1 fully saturated rings. The molecule has 0 amide bonds. The van der Waals surface area contributed by atoms with Gasteiger partial charge in [0.15, 0.2) is 5.00 Å². The van der Waals surface area contributed by atoms with Crippen LogP contribution in [-0.2, 0) is 13.7 Å². The summed E-state index contributed by atoms with van der Waals surface area (Å²) in [7, 11) is 1.55. The van der Waals surface area contributed by atoms with Crippen molar-refractivity contribution < 1.29 is 6.11 Å². The van der Waals surface area contributed by atoms with Crippen LogP contribution in [0.2, 0.25) is 0 Å². The van der Waals surface area contributed by atoms with Gasteiger partial charge in [0.1, 0.15) is 6.61 Å². The lowest BCUT2D eigenvalue weighted by molar-refractivity contribution is 0.303. The highest BCUT2D eigenvalue weighted by Gasteiger charge is 2.32. The van der Waals surface area contributed by atoms with Crippen LogP contribution in [0.4, 0.5) is 0 Å². The number of aromatic nitrogens is 6. The summed E-state index contributed by atoms with van der Waals surface area (Å²) in [4.78, 5) is 16.1. The van der Waals surface area contributed by atoms with Gasteiger partial charge < -0.3 is 4.74 Å². The Labute approximate surface area is 134 Å². The molecule has 1 aliphatic rings. The van der Waals surface area contributed by atoms with Crippen LogP contribution >= 0.6 is 22.9 Å². The highest BCUT2D eigenvalue weighted by atomic mass is 32.1. The highest BCUT2D eigenvalue weighted by Crippen LogP contribution is 2.43. The predicted molar refractivity (Wildman–Crippen MR) is 80.7 cm³/mol. The van der Waals surface area contributed by atoms with Crippen LogP contribution in [0.15, 0.2) is 16.3 Å². The molecule has 4 rings (SSSR count). The van der Waals surface area contributed by atoms with Crippen molar-refractivity contribution in [2.45, 2.75) is 25.4 Å². The van der Waals surface area contributed by atoms with Gasteiger partial charge in [0, 0.05) is 24.5 Å². The SMILES string of the molecule is [3H]c1csc(OCc2c(C3CC3)nsc2-n2nnn(C)c2=O)n1. The lowest BCUT2D eigenvalue weighted by Gasteiger charge is -2.05. The molecule has 3 aromatic rings. The third-order valence-electron chi connectivity index (χ3n) is 3.38. The van der Waals surface area contributed by atoms with Crippen LogP contribution in [-0.4, -0.2) is 29.1 Å². The van der Waals surface area contributed by atoms with E-state index in [-0.39, 0.29) is 18.5 Å². The summed E-state index contributed by atoms with van der Waals surface area (Å²) in [5.41, 5.74) is 1.49. The first-order chi connectivity index (χ1) is 11.1. The number of hydrogen-bond donors (Lipinski definition) is 0. The average Bonchev–Trinajstić information content (AvgIpc) is 3.03. The minimum atomic E-state index is -0.320.